The van der Waals surface area contributed by atoms with Crippen molar-refractivity contribution in [2.45, 2.75) is 33.2 Å². The maximum absolute atomic E-state index is 5.64. The van der Waals surface area contributed by atoms with Crippen LogP contribution in [0.3, 0.4) is 0 Å². The number of hydrogen-bond donors (Lipinski definition) is 0. The van der Waals surface area contributed by atoms with Crippen LogP contribution >= 0.6 is 11.3 Å². The zero-order valence-corrected chi connectivity index (χ0v) is 21.0. The van der Waals surface area contributed by atoms with E-state index in [-0.39, 0.29) is 6.04 Å². The van der Waals surface area contributed by atoms with Crippen molar-refractivity contribution in [2.75, 3.05) is 28.4 Å². The molecule has 2 aromatic carbocycles. The van der Waals surface area contributed by atoms with E-state index in [1.54, 1.807) is 39.8 Å². The highest BCUT2D eigenvalue weighted by Crippen LogP contribution is 2.34. The summed E-state index contributed by atoms with van der Waals surface area (Å²) in [6.45, 7) is 6.18. The molecule has 0 amide bonds. The number of hydrogen-bond acceptors (Lipinski definition) is 7. The van der Waals surface area contributed by atoms with E-state index in [0.717, 1.165) is 38.8 Å². The molecule has 0 spiro atoms. The van der Waals surface area contributed by atoms with Crippen LogP contribution in [0.15, 0.2) is 51.9 Å². The molecule has 0 fully saturated rings. The van der Waals surface area contributed by atoms with Crippen LogP contribution in [0.25, 0.3) is 11.3 Å². The summed E-state index contributed by atoms with van der Waals surface area (Å²) in [5, 5.41) is 7.10. The van der Waals surface area contributed by atoms with Crippen molar-refractivity contribution in [3.8, 4) is 34.3 Å². The van der Waals surface area contributed by atoms with E-state index in [0.29, 0.717) is 17.9 Å². The minimum atomic E-state index is 0.122. The summed E-state index contributed by atoms with van der Waals surface area (Å²) in [5.74, 6) is 2.81. The lowest BCUT2D eigenvalue weighted by molar-refractivity contribution is 0.355. The highest BCUT2D eigenvalue weighted by Gasteiger charge is 2.16. The fraction of sp³-hybridized carbons (Fsp3) is 0.360. The highest BCUT2D eigenvalue weighted by molar-refractivity contribution is 7.07. The molecule has 0 bridgehead atoms. The molecule has 0 saturated carbocycles. The second-order valence-electron chi connectivity index (χ2n) is 7.47. The van der Waals surface area contributed by atoms with Gasteiger partial charge in [0.15, 0.2) is 11.5 Å². The topological polar surface area (TPSA) is 66.6 Å². The average molecular weight is 470 g/mol. The predicted molar refractivity (Wildman–Crippen MR) is 133 cm³/mol. The number of thiazole rings is 1. The Morgan fingerprint density at radius 1 is 0.909 bits per heavy atom. The van der Waals surface area contributed by atoms with Gasteiger partial charge in [-0.3, -0.25) is 4.99 Å². The summed E-state index contributed by atoms with van der Waals surface area (Å²) in [6, 6.07) is 11.7. The van der Waals surface area contributed by atoms with Gasteiger partial charge in [0.1, 0.15) is 11.5 Å². The van der Waals surface area contributed by atoms with E-state index >= 15 is 0 Å². The Morgan fingerprint density at radius 2 is 1.61 bits per heavy atom. The molecule has 0 aliphatic heterocycles. The molecule has 7 nitrogen and oxygen atoms in total. The highest BCUT2D eigenvalue weighted by atomic mass is 32.1. The molecular weight excluding hydrogens is 438 g/mol. The third-order valence-electron chi connectivity index (χ3n) is 5.01. The fourth-order valence-corrected chi connectivity index (χ4v) is 4.33. The van der Waals surface area contributed by atoms with Crippen molar-refractivity contribution in [3.63, 3.8) is 0 Å². The molecule has 0 unspecified atom stereocenters. The number of rotatable bonds is 9. The Bertz CT molecular complexity index is 1190. The van der Waals surface area contributed by atoms with Gasteiger partial charge in [-0.2, -0.15) is 5.10 Å². The number of nitrogens with zero attached hydrogens (tertiary/aromatic N) is 3. The molecule has 0 N–H and O–H groups in total. The van der Waals surface area contributed by atoms with Gasteiger partial charge >= 0.3 is 0 Å². The summed E-state index contributed by atoms with van der Waals surface area (Å²) in [5.41, 5.74) is 3.60. The molecule has 0 aliphatic carbocycles. The smallest absolute Gasteiger partial charge is 0.206 e. The normalized spacial score (nSPS) is 12.2. The van der Waals surface area contributed by atoms with Gasteiger partial charge in [-0.15, -0.1) is 11.3 Å². The van der Waals surface area contributed by atoms with Crippen LogP contribution in [0.1, 0.15) is 32.8 Å². The minimum absolute atomic E-state index is 0.122. The fourth-order valence-electron chi connectivity index (χ4n) is 3.37. The first-order valence-corrected chi connectivity index (χ1v) is 11.6. The zero-order chi connectivity index (χ0) is 24.0. The minimum Gasteiger partial charge on any atom is -0.497 e. The third kappa shape index (κ3) is 5.39. The van der Waals surface area contributed by atoms with Gasteiger partial charge < -0.3 is 18.9 Å². The van der Waals surface area contributed by atoms with E-state index < -0.39 is 0 Å². The predicted octanol–water partition coefficient (Wildman–Crippen LogP) is 5.22. The monoisotopic (exact) mass is 469 g/mol. The molecule has 8 heteroatoms. The third-order valence-corrected chi connectivity index (χ3v) is 5.84. The first kappa shape index (κ1) is 24.4. The summed E-state index contributed by atoms with van der Waals surface area (Å²) in [6.07, 6.45) is 0.716. The molecule has 0 saturated heterocycles. The number of methoxy groups -OCH3 is 4. The molecule has 3 rings (SSSR count). The standard InChI is InChI=1S/C25H31N3O4S/c1-8-20(17-9-11-23(31-6)24(13-17)32-7)27-28-21(15-33-25(28)26-16(2)3)19-14-18(29-4)10-12-22(19)30-5/h9-16H,8H2,1-7H3. The van der Waals surface area contributed by atoms with Crippen LogP contribution in [-0.4, -0.2) is 44.9 Å². The summed E-state index contributed by atoms with van der Waals surface area (Å²) >= 11 is 1.54. The average Bonchev–Trinajstić information content (AvgIpc) is 3.22. The Balaban J connectivity index is 2.25. The number of ether oxygens (including phenoxy) is 4. The van der Waals surface area contributed by atoms with Gasteiger partial charge in [-0.1, -0.05) is 6.92 Å². The van der Waals surface area contributed by atoms with Crippen molar-refractivity contribution >= 4 is 17.0 Å². The van der Waals surface area contributed by atoms with Gasteiger partial charge in [-0.25, -0.2) is 4.68 Å². The molecule has 0 aliphatic rings. The van der Waals surface area contributed by atoms with Gasteiger partial charge in [-0.05, 0) is 56.7 Å². The SMILES string of the molecule is CCC(=Nn1c(-c2cc(OC)ccc2OC)csc1=NC(C)C)c1ccc(OC)c(OC)c1. The maximum Gasteiger partial charge on any atom is 0.206 e. The van der Waals surface area contributed by atoms with Crippen molar-refractivity contribution in [1.82, 2.24) is 4.68 Å². The Hall–Kier alpha value is -3.26. The maximum atomic E-state index is 5.64. The van der Waals surface area contributed by atoms with Crippen LogP contribution in [0.4, 0.5) is 0 Å². The second-order valence-corrected chi connectivity index (χ2v) is 8.31. The molecule has 1 aromatic heterocycles. The molecule has 176 valence electrons. The second kappa shape index (κ2) is 11.0. The lowest BCUT2D eigenvalue weighted by atomic mass is 10.1. The lowest BCUT2D eigenvalue weighted by Crippen LogP contribution is -2.17. The number of aromatic nitrogens is 1. The Kier molecular flexibility index (Phi) is 8.16. The summed E-state index contributed by atoms with van der Waals surface area (Å²) in [7, 11) is 6.56. The van der Waals surface area contributed by atoms with E-state index in [4.69, 9.17) is 29.0 Å². The lowest BCUT2D eigenvalue weighted by Gasteiger charge is -2.13. The van der Waals surface area contributed by atoms with Crippen molar-refractivity contribution in [3.05, 3.63) is 52.1 Å². The van der Waals surface area contributed by atoms with Gasteiger partial charge in [0, 0.05) is 22.5 Å². The molecule has 0 radical (unpaired) electrons. The van der Waals surface area contributed by atoms with Gasteiger partial charge in [0.2, 0.25) is 4.80 Å². The number of benzene rings is 2. The molecule has 33 heavy (non-hydrogen) atoms. The van der Waals surface area contributed by atoms with Crippen LogP contribution < -0.4 is 23.7 Å². The van der Waals surface area contributed by atoms with E-state index in [1.165, 1.54) is 0 Å². The molecule has 0 atom stereocenters. The Morgan fingerprint density at radius 3 is 2.21 bits per heavy atom. The van der Waals surface area contributed by atoms with Gasteiger partial charge in [0.05, 0.1) is 39.8 Å². The quantitative estimate of drug-likeness (QED) is 0.403. The first-order chi connectivity index (χ1) is 15.9. The largest absolute Gasteiger partial charge is 0.497 e. The molecule has 1 heterocycles. The first-order valence-electron chi connectivity index (χ1n) is 10.7. The van der Waals surface area contributed by atoms with Crippen LogP contribution in [-0.2, 0) is 0 Å². The summed E-state index contributed by atoms with van der Waals surface area (Å²) < 4.78 is 23.9. The van der Waals surface area contributed by atoms with Crippen molar-refractivity contribution in [2.24, 2.45) is 10.1 Å². The summed E-state index contributed by atoms with van der Waals surface area (Å²) in [4.78, 5) is 5.61. The van der Waals surface area contributed by atoms with Crippen LogP contribution in [0.2, 0.25) is 0 Å². The van der Waals surface area contributed by atoms with E-state index in [9.17, 15) is 0 Å². The van der Waals surface area contributed by atoms with Crippen LogP contribution in [0, 0.1) is 0 Å². The Labute approximate surface area is 198 Å². The molecular formula is C25H31N3O4S. The zero-order valence-electron chi connectivity index (χ0n) is 20.2. The van der Waals surface area contributed by atoms with Gasteiger partial charge in [0.25, 0.3) is 0 Å². The molecule has 3 aromatic rings. The van der Waals surface area contributed by atoms with Crippen LogP contribution in [0.5, 0.6) is 23.0 Å². The van der Waals surface area contributed by atoms with Crippen molar-refractivity contribution < 1.29 is 18.9 Å². The van der Waals surface area contributed by atoms with E-state index in [1.807, 2.05) is 46.5 Å². The van der Waals surface area contributed by atoms with Crippen molar-refractivity contribution in [1.29, 1.82) is 0 Å². The van der Waals surface area contributed by atoms with E-state index in [2.05, 4.69) is 20.8 Å².